The van der Waals surface area contributed by atoms with E-state index in [2.05, 4.69) is 21.2 Å². The third-order valence-electron chi connectivity index (χ3n) is 4.89. The summed E-state index contributed by atoms with van der Waals surface area (Å²) in [5.74, 6) is -0.0106. The van der Waals surface area contributed by atoms with Gasteiger partial charge in [-0.05, 0) is 83.4 Å². The fraction of sp³-hybridized carbons (Fsp3) is 0.179. The van der Waals surface area contributed by atoms with Crippen LogP contribution in [0, 0.1) is 11.3 Å². The minimum absolute atomic E-state index is 0.100. The molecule has 0 saturated heterocycles. The van der Waals surface area contributed by atoms with Crippen molar-refractivity contribution >= 4 is 39.6 Å². The molecule has 0 saturated carbocycles. The van der Waals surface area contributed by atoms with Crippen molar-refractivity contribution in [3.05, 3.63) is 93.5 Å². The molecular formula is C28H25BrN2O5. The zero-order valence-electron chi connectivity index (χ0n) is 19.9. The molecule has 1 amide bonds. The molecule has 0 spiro atoms. The van der Waals surface area contributed by atoms with Crippen LogP contribution >= 0.6 is 15.9 Å². The number of rotatable bonds is 10. The molecule has 0 aromatic heterocycles. The van der Waals surface area contributed by atoms with Crippen LogP contribution in [0.15, 0.2) is 76.8 Å². The first-order chi connectivity index (χ1) is 17.4. The maximum Gasteiger partial charge on any atom is 0.338 e. The summed E-state index contributed by atoms with van der Waals surface area (Å²) >= 11 is 3.52. The first-order valence-electron chi connectivity index (χ1n) is 11.3. The Balaban J connectivity index is 1.78. The number of carbonyl (C=O) groups is 2. The van der Waals surface area contributed by atoms with E-state index in [0.717, 1.165) is 5.56 Å². The topological polar surface area (TPSA) is 97.7 Å². The van der Waals surface area contributed by atoms with Crippen LogP contribution in [0.1, 0.15) is 35.3 Å². The van der Waals surface area contributed by atoms with Crippen LogP contribution in [0.4, 0.5) is 5.69 Å². The Bertz CT molecular complexity index is 1280. The van der Waals surface area contributed by atoms with E-state index in [1.54, 1.807) is 43.3 Å². The Kier molecular flexibility index (Phi) is 9.66. The van der Waals surface area contributed by atoms with E-state index < -0.39 is 11.9 Å². The van der Waals surface area contributed by atoms with Crippen LogP contribution in [0.5, 0.6) is 11.5 Å². The molecule has 184 valence electrons. The number of nitriles is 1. The molecule has 0 heterocycles. The van der Waals surface area contributed by atoms with Crippen molar-refractivity contribution in [3.8, 4) is 17.6 Å². The lowest BCUT2D eigenvalue weighted by Gasteiger charge is -2.15. The zero-order chi connectivity index (χ0) is 25.9. The molecule has 8 heteroatoms. The summed E-state index contributed by atoms with van der Waals surface area (Å²) in [5.41, 5.74) is 2.30. The van der Waals surface area contributed by atoms with Crippen molar-refractivity contribution in [2.24, 2.45) is 0 Å². The smallest absolute Gasteiger partial charge is 0.338 e. The molecule has 0 aliphatic heterocycles. The van der Waals surface area contributed by atoms with Gasteiger partial charge >= 0.3 is 5.97 Å². The third kappa shape index (κ3) is 7.20. The Morgan fingerprint density at radius 3 is 2.36 bits per heavy atom. The van der Waals surface area contributed by atoms with Crippen molar-refractivity contribution in [3.63, 3.8) is 0 Å². The molecular weight excluding hydrogens is 524 g/mol. The number of amides is 1. The van der Waals surface area contributed by atoms with Gasteiger partial charge in [-0.25, -0.2) is 4.79 Å². The first-order valence-corrected chi connectivity index (χ1v) is 12.1. The molecule has 0 unspecified atom stereocenters. The highest BCUT2D eigenvalue weighted by Crippen LogP contribution is 2.38. The van der Waals surface area contributed by atoms with Crippen LogP contribution in [0.2, 0.25) is 0 Å². The number of nitrogens with one attached hydrogen (secondary N) is 1. The summed E-state index contributed by atoms with van der Waals surface area (Å²) in [6.07, 6.45) is 1.47. The van der Waals surface area contributed by atoms with E-state index >= 15 is 0 Å². The maximum absolute atomic E-state index is 12.7. The summed E-state index contributed by atoms with van der Waals surface area (Å²) in [5, 5.41) is 12.3. The Hall–Kier alpha value is -4.09. The SMILES string of the molecule is CCOC(=O)c1ccc(NC(=O)/C(C#N)=C/c2cc(Br)c(OCc3ccccc3)c(OCC)c2)cc1. The normalized spacial score (nSPS) is 10.8. The van der Waals surface area contributed by atoms with E-state index in [4.69, 9.17) is 14.2 Å². The molecule has 0 bridgehead atoms. The van der Waals surface area contributed by atoms with Gasteiger partial charge in [0.05, 0.1) is 23.2 Å². The highest BCUT2D eigenvalue weighted by atomic mass is 79.9. The number of halogens is 1. The van der Waals surface area contributed by atoms with Gasteiger partial charge in [-0.2, -0.15) is 5.26 Å². The molecule has 3 aromatic rings. The number of anilines is 1. The van der Waals surface area contributed by atoms with Gasteiger partial charge in [0.15, 0.2) is 11.5 Å². The number of benzene rings is 3. The van der Waals surface area contributed by atoms with E-state index in [9.17, 15) is 14.9 Å². The highest BCUT2D eigenvalue weighted by Gasteiger charge is 2.15. The van der Waals surface area contributed by atoms with Gasteiger partial charge in [-0.1, -0.05) is 30.3 Å². The molecule has 0 aliphatic carbocycles. The molecule has 0 radical (unpaired) electrons. The van der Waals surface area contributed by atoms with E-state index in [0.29, 0.717) is 46.0 Å². The van der Waals surface area contributed by atoms with Crippen molar-refractivity contribution in [1.29, 1.82) is 5.26 Å². The molecule has 0 fully saturated rings. The van der Waals surface area contributed by atoms with Crippen LogP contribution < -0.4 is 14.8 Å². The zero-order valence-corrected chi connectivity index (χ0v) is 21.5. The average Bonchev–Trinajstić information content (AvgIpc) is 2.88. The van der Waals surface area contributed by atoms with E-state index in [1.807, 2.05) is 43.3 Å². The number of hydrogen-bond donors (Lipinski definition) is 1. The number of esters is 1. The van der Waals surface area contributed by atoms with Crippen LogP contribution in [0.3, 0.4) is 0 Å². The van der Waals surface area contributed by atoms with Crippen molar-refractivity contribution < 1.29 is 23.8 Å². The van der Waals surface area contributed by atoms with Gasteiger partial charge in [-0.3, -0.25) is 4.79 Å². The lowest BCUT2D eigenvalue weighted by Crippen LogP contribution is -2.13. The van der Waals surface area contributed by atoms with Crippen LogP contribution in [-0.2, 0) is 16.1 Å². The average molecular weight is 549 g/mol. The summed E-state index contributed by atoms with van der Waals surface area (Å²) in [4.78, 5) is 24.5. The van der Waals surface area contributed by atoms with Crippen LogP contribution in [-0.4, -0.2) is 25.1 Å². The Morgan fingerprint density at radius 2 is 1.72 bits per heavy atom. The molecule has 1 N–H and O–H groups in total. The maximum atomic E-state index is 12.7. The third-order valence-corrected chi connectivity index (χ3v) is 5.48. The minimum atomic E-state index is -0.583. The molecule has 7 nitrogen and oxygen atoms in total. The summed E-state index contributed by atoms with van der Waals surface area (Å²) in [6, 6.07) is 21.4. The van der Waals surface area contributed by atoms with Crippen molar-refractivity contribution in [2.75, 3.05) is 18.5 Å². The molecule has 36 heavy (non-hydrogen) atoms. The largest absolute Gasteiger partial charge is 0.490 e. The predicted octanol–water partition coefficient (Wildman–Crippen LogP) is 6.15. The van der Waals surface area contributed by atoms with Gasteiger partial charge in [-0.15, -0.1) is 0 Å². The lowest BCUT2D eigenvalue weighted by atomic mass is 10.1. The number of carbonyl (C=O) groups excluding carboxylic acids is 2. The second kappa shape index (κ2) is 13.1. The second-order valence-electron chi connectivity index (χ2n) is 7.46. The first kappa shape index (κ1) is 26.5. The molecule has 3 rings (SSSR count). The summed E-state index contributed by atoms with van der Waals surface area (Å²) in [6.45, 7) is 4.63. The Labute approximate surface area is 218 Å². The fourth-order valence-corrected chi connectivity index (χ4v) is 3.80. The van der Waals surface area contributed by atoms with E-state index in [1.165, 1.54) is 6.08 Å². The van der Waals surface area contributed by atoms with Gasteiger partial charge < -0.3 is 19.5 Å². The molecule has 0 aliphatic rings. The molecule has 0 atom stereocenters. The summed E-state index contributed by atoms with van der Waals surface area (Å²) < 4.78 is 17.3. The Morgan fingerprint density at radius 1 is 1.00 bits per heavy atom. The lowest BCUT2D eigenvalue weighted by molar-refractivity contribution is -0.112. The fourth-order valence-electron chi connectivity index (χ4n) is 3.22. The van der Waals surface area contributed by atoms with Gasteiger partial charge in [0, 0.05) is 5.69 Å². The van der Waals surface area contributed by atoms with Crippen molar-refractivity contribution in [1.82, 2.24) is 0 Å². The highest BCUT2D eigenvalue weighted by molar-refractivity contribution is 9.10. The van der Waals surface area contributed by atoms with E-state index in [-0.39, 0.29) is 12.2 Å². The predicted molar refractivity (Wildman–Crippen MR) is 141 cm³/mol. The second-order valence-corrected chi connectivity index (χ2v) is 8.31. The quantitative estimate of drug-likeness (QED) is 0.185. The minimum Gasteiger partial charge on any atom is -0.490 e. The number of nitrogens with zero attached hydrogens (tertiary/aromatic N) is 1. The van der Waals surface area contributed by atoms with Crippen molar-refractivity contribution in [2.45, 2.75) is 20.5 Å². The summed E-state index contributed by atoms with van der Waals surface area (Å²) in [7, 11) is 0. The number of hydrogen-bond acceptors (Lipinski definition) is 6. The van der Waals surface area contributed by atoms with Crippen LogP contribution in [0.25, 0.3) is 6.08 Å². The van der Waals surface area contributed by atoms with Gasteiger partial charge in [0.25, 0.3) is 5.91 Å². The monoisotopic (exact) mass is 548 g/mol. The van der Waals surface area contributed by atoms with Gasteiger partial charge in [0.1, 0.15) is 18.2 Å². The standard InChI is InChI=1S/C28H25BrN2O5/c1-3-34-25-16-20(15-24(29)26(25)36-18-19-8-6-5-7-9-19)14-22(17-30)27(32)31-23-12-10-21(11-13-23)28(33)35-4-2/h5-16H,3-4,18H2,1-2H3,(H,31,32)/b22-14+. The molecule has 3 aromatic carbocycles. The number of ether oxygens (including phenoxy) is 3. The van der Waals surface area contributed by atoms with Gasteiger partial charge in [0.2, 0.25) is 0 Å².